The third-order valence-corrected chi connectivity index (χ3v) is 3.71. The average molecular weight is 288 g/mol. The third-order valence-electron chi connectivity index (χ3n) is 2.16. The van der Waals surface area contributed by atoms with E-state index in [0.29, 0.717) is 0 Å². The van der Waals surface area contributed by atoms with Crippen molar-refractivity contribution in [2.75, 3.05) is 6.61 Å². The van der Waals surface area contributed by atoms with E-state index in [2.05, 4.69) is 4.74 Å². The van der Waals surface area contributed by atoms with Crippen LogP contribution in [0.25, 0.3) is 0 Å². The molecule has 0 amide bonds. The SMILES string of the molecule is CCOC(=O)C[C@@]1(O)C(Cl)=C(Cl)C(=O)[C@@H]1Cl. The van der Waals surface area contributed by atoms with Gasteiger partial charge >= 0.3 is 5.97 Å². The van der Waals surface area contributed by atoms with Crippen LogP contribution < -0.4 is 0 Å². The summed E-state index contributed by atoms with van der Waals surface area (Å²) in [5, 5.41) is 8.02. The molecule has 90 valence electrons. The van der Waals surface area contributed by atoms with Gasteiger partial charge in [0.1, 0.15) is 16.0 Å². The predicted molar refractivity (Wildman–Crippen MR) is 59.6 cm³/mol. The van der Waals surface area contributed by atoms with E-state index < -0.39 is 29.2 Å². The first-order valence-corrected chi connectivity index (χ1v) is 5.65. The highest BCUT2D eigenvalue weighted by atomic mass is 35.5. The van der Waals surface area contributed by atoms with E-state index in [-0.39, 0.29) is 16.7 Å². The van der Waals surface area contributed by atoms with Crippen molar-refractivity contribution in [1.29, 1.82) is 0 Å². The van der Waals surface area contributed by atoms with Gasteiger partial charge in [0.05, 0.1) is 18.1 Å². The molecule has 0 saturated heterocycles. The van der Waals surface area contributed by atoms with E-state index in [4.69, 9.17) is 34.8 Å². The van der Waals surface area contributed by atoms with Crippen LogP contribution in [0.1, 0.15) is 13.3 Å². The van der Waals surface area contributed by atoms with Crippen molar-refractivity contribution in [1.82, 2.24) is 0 Å². The number of ketones is 1. The molecule has 0 bridgehead atoms. The number of rotatable bonds is 3. The van der Waals surface area contributed by atoms with E-state index in [1.807, 2.05) is 0 Å². The Morgan fingerprint density at radius 2 is 2.12 bits per heavy atom. The van der Waals surface area contributed by atoms with Crippen LogP contribution >= 0.6 is 34.8 Å². The highest BCUT2D eigenvalue weighted by Crippen LogP contribution is 2.43. The van der Waals surface area contributed by atoms with E-state index >= 15 is 0 Å². The maximum Gasteiger partial charge on any atom is 0.309 e. The van der Waals surface area contributed by atoms with Crippen LogP contribution in [-0.4, -0.2) is 34.4 Å². The van der Waals surface area contributed by atoms with Gasteiger partial charge in [-0.3, -0.25) is 9.59 Å². The zero-order chi connectivity index (χ0) is 12.5. The molecule has 1 aliphatic rings. The second-order valence-corrected chi connectivity index (χ2v) is 4.45. The molecule has 0 unspecified atom stereocenters. The minimum absolute atomic E-state index is 0.158. The molecule has 1 N–H and O–H groups in total. The van der Waals surface area contributed by atoms with Crippen LogP contribution in [0.3, 0.4) is 0 Å². The van der Waals surface area contributed by atoms with Crippen LogP contribution in [0.4, 0.5) is 0 Å². The molecule has 0 fully saturated rings. The second-order valence-electron chi connectivity index (χ2n) is 3.26. The molecule has 0 aromatic rings. The summed E-state index contributed by atoms with van der Waals surface area (Å²) in [4.78, 5) is 22.6. The summed E-state index contributed by atoms with van der Waals surface area (Å²) in [6.07, 6.45) is -0.504. The molecule has 4 nitrogen and oxygen atoms in total. The highest BCUT2D eigenvalue weighted by molar-refractivity contribution is 6.56. The van der Waals surface area contributed by atoms with E-state index in [1.54, 1.807) is 6.92 Å². The van der Waals surface area contributed by atoms with Gasteiger partial charge in [0.2, 0.25) is 0 Å². The summed E-state index contributed by atoms with van der Waals surface area (Å²) in [5.74, 6) is -1.40. The fourth-order valence-corrected chi connectivity index (χ4v) is 2.29. The van der Waals surface area contributed by atoms with Crippen molar-refractivity contribution in [3.63, 3.8) is 0 Å². The first-order chi connectivity index (χ1) is 7.34. The Kier molecular flexibility index (Phi) is 4.23. The third kappa shape index (κ3) is 2.20. The lowest BCUT2D eigenvalue weighted by Gasteiger charge is -2.24. The summed E-state index contributed by atoms with van der Waals surface area (Å²) < 4.78 is 4.64. The van der Waals surface area contributed by atoms with Crippen molar-refractivity contribution in [2.45, 2.75) is 24.3 Å². The lowest BCUT2D eigenvalue weighted by atomic mass is 9.98. The minimum atomic E-state index is -1.97. The van der Waals surface area contributed by atoms with Crippen LogP contribution in [0, 0.1) is 0 Å². The number of Topliss-reactive ketones (excluding diaryl/α,β-unsaturated/α-hetero) is 1. The number of halogens is 3. The van der Waals surface area contributed by atoms with Gasteiger partial charge in [0.15, 0.2) is 5.78 Å². The molecule has 0 radical (unpaired) electrons. The van der Waals surface area contributed by atoms with Gasteiger partial charge in [-0.15, -0.1) is 11.6 Å². The largest absolute Gasteiger partial charge is 0.466 e. The number of ether oxygens (including phenoxy) is 1. The summed E-state index contributed by atoms with van der Waals surface area (Å²) in [7, 11) is 0. The molecule has 0 saturated carbocycles. The number of esters is 1. The molecule has 0 aromatic carbocycles. The van der Waals surface area contributed by atoms with Gasteiger partial charge in [-0.2, -0.15) is 0 Å². The molecule has 16 heavy (non-hydrogen) atoms. The van der Waals surface area contributed by atoms with Crippen molar-refractivity contribution in [2.24, 2.45) is 0 Å². The van der Waals surface area contributed by atoms with Crippen molar-refractivity contribution >= 4 is 46.6 Å². The smallest absolute Gasteiger partial charge is 0.309 e. The average Bonchev–Trinajstić information content (AvgIpc) is 2.35. The second kappa shape index (κ2) is 4.92. The first-order valence-electron chi connectivity index (χ1n) is 4.46. The number of carbonyl (C=O) groups excluding carboxylic acids is 2. The zero-order valence-corrected chi connectivity index (χ0v) is 10.6. The monoisotopic (exact) mass is 286 g/mol. The number of aliphatic hydroxyl groups is 1. The summed E-state index contributed by atoms with van der Waals surface area (Å²) in [6.45, 7) is 1.77. The van der Waals surface area contributed by atoms with Crippen molar-refractivity contribution < 1.29 is 19.4 Å². The fourth-order valence-electron chi connectivity index (χ4n) is 1.34. The Morgan fingerprint density at radius 3 is 2.50 bits per heavy atom. The number of carbonyl (C=O) groups is 2. The van der Waals surface area contributed by atoms with Gasteiger partial charge < -0.3 is 9.84 Å². The maximum absolute atomic E-state index is 11.4. The van der Waals surface area contributed by atoms with Crippen LogP contribution in [-0.2, 0) is 14.3 Å². The highest BCUT2D eigenvalue weighted by Gasteiger charge is 2.53. The molecule has 1 rings (SSSR count). The predicted octanol–water partition coefficient (Wildman–Crippen LogP) is 1.55. The topological polar surface area (TPSA) is 63.6 Å². The van der Waals surface area contributed by atoms with Crippen LogP contribution in [0.2, 0.25) is 0 Å². The van der Waals surface area contributed by atoms with E-state index in [1.165, 1.54) is 0 Å². The minimum Gasteiger partial charge on any atom is -0.466 e. The summed E-state index contributed by atoms with van der Waals surface area (Å²) in [6, 6.07) is 0. The number of hydrogen-bond acceptors (Lipinski definition) is 4. The molecule has 0 aromatic heterocycles. The standard InChI is InChI=1S/C9H9Cl3O4/c1-2-16-4(13)3-9(15)7(11)5(10)6(14)8(9)12/h8,15H,2-3H2,1H3/t8-,9+/m0/s1. The van der Waals surface area contributed by atoms with E-state index in [9.17, 15) is 14.7 Å². The van der Waals surface area contributed by atoms with Gasteiger partial charge in [-0.25, -0.2) is 0 Å². The Labute approximate surface area is 107 Å². The quantitative estimate of drug-likeness (QED) is 0.632. The Bertz CT molecular complexity index is 366. The molecule has 7 heteroatoms. The Balaban J connectivity index is 2.93. The number of hydrogen-bond donors (Lipinski definition) is 1. The van der Waals surface area contributed by atoms with Gasteiger partial charge in [0.25, 0.3) is 0 Å². The van der Waals surface area contributed by atoms with Crippen molar-refractivity contribution in [3.05, 3.63) is 10.1 Å². The molecule has 1 aliphatic carbocycles. The molecule has 0 spiro atoms. The molecular weight excluding hydrogens is 278 g/mol. The maximum atomic E-state index is 11.4. The molecular formula is C9H9Cl3O4. The van der Waals surface area contributed by atoms with Gasteiger partial charge in [0, 0.05) is 0 Å². The Hall–Kier alpha value is -0.290. The summed E-state index contributed by atoms with van der Waals surface area (Å²) >= 11 is 16.9. The number of alkyl halides is 1. The molecule has 0 aliphatic heterocycles. The van der Waals surface area contributed by atoms with E-state index in [0.717, 1.165) is 0 Å². The first kappa shape index (κ1) is 13.8. The Morgan fingerprint density at radius 1 is 1.56 bits per heavy atom. The normalized spacial score (nSPS) is 29.8. The fraction of sp³-hybridized carbons (Fsp3) is 0.556. The lowest BCUT2D eigenvalue weighted by molar-refractivity contribution is -0.147. The molecule has 0 heterocycles. The van der Waals surface area contributed by atoms with Crippen LogP contribution in [0.5, 0.6) is 0 Å². The van der Waals surface area contributed by atoms with Gasteiger partial charge in [-0.05, 0) is 6.92 Å². The molecule has 2 atom stereocenters. The zero-order valence-electron chi connectivity index (χ0n) is 8.30. The van der Waals surface area contributed by atoms with Crippen LogP contribution in [0.15, 0.2) is 10.1 Å². The number of allylic oxidation sites excluding steroid dienone is 1. The van der Waals surface area contributed by atoms with Crippen molar-refractivity contribution in [3.8, 4) is 0 Å². The lowest BCUT2D eigenvalue weighted by Crippen LogP contribution is -2.41. The van der Waals surface area contributed by atoms with Gasteiger partial charge in [-0.1, -0.05) is 23.2 Å². The summed E-state index contributed by atoms with van der Waals surface area (Å²) in [5.41, 5.74) is -1.97.